The van der Waals surface area contributed by atoms with Crippen LogP contribution in [-0.4, -0.2) is 23.7 Å². The Morgan fingerprint density at radius 3 is 2.44 bits per heavy atom. The number of carbonyl (C=O) groups is 1. The molecule has 1 atom stereocenters. The maximum Gasteiger partial charge on any atom is 0.434 e. The van der Waals surface area contributed by atoms with Crippen molar-refractivity contribution in [3.63, 3.8) is 0 Å². The molecule has 7 nitrogen and oxygen atoms in total. The maximum absolute atomic E-state index is 13.8. The zero-order valence-corrected chi connectivity index (χ0v) is 13.4. The van der Waals surface area contributed by atoms with Gasteiger partial charge >= 0.3 is 12.3 Å². The molecule has 1 unspecified atom stereocenters. The quantitative estimate of drug-likeness (QED) is 0.597. The van der Waals surface area contributed by atoms with Crippen LogP contribution >= 0.6 is 0 Å². The third kappa shape index (κ3) is 2.93. The number of nitro groups is 1. The lowest BCUT2D eigenvalue weighted by Gasteiger charge is -2.29. The highest BCUT2D eigenvalue weighted by atomic mass is 19.4. The van der Waals surface area contributed by atoms with Crippen molar-refractivity contribution in [1.82, 2.24) is 0 Å². The summed E-state index contributed by atoms with van der Waals surface area (Å²) in [4.78, 5) is 23.0. The molecule has 0 bridgehead atoms. The van der Waals surface area contributed by atoms with Crippen LogP contribution in [0, 0.1) is 21.4 Å². The minimum absolute atomic E-state index is 0.107. The van der Waals surface area contributed by atoms with Crippen LogP contribution in [0.15, 0.2) is 48.5 Å². The summed E-state index contributed by atoms with van der Waals surface area (Å²) in [5.41, 5.74) is -4.15. The van der Waals surface area contributed by atoms with Gasteiger partial charge in [-0.25, -0.2) is 4.79 Å². The van der Waals surface area contributed by atoms with Crippen molar-refractivity contribution in [2.24, 2.45) is 0 Å². The van der Waals surface area contributed by atoms with E-state index in [4.69, 9.17) is 10.00 Å². The van der Waals surface area contributed by atoms with Gasteiger partial charge in [-0.1, -0.05) is 30.3 Å². The second-order valence-corrected chi connectivity index (χ2v) is 5.72. The third-order valence-corrected chi connectivity index (χ3v) is 4.17. The summed E-state index contributed by atoms with van der Waals surface area (Å²) in [5.74, 6) is 0. The van der Waals surface area contributed by atoms with E-state index >= 15 is 0 Å². The Morgan fingerprint density at radius 1 is 1.22 bits per heavy atom. The number of nitro benzene ring substituents is 1. The summed E-state index contributed by atoms with van der Waals surface area (Å²) in [5, 5.41) is 19.9. The first-order chi connectivity index (χ1) is 12.7. The minimum atomic E-state index is -4.91. The maximum atomic E-state index is 13.8. The van der Waals surface area contributed by atoms with Crippen molar-refractivity contribution in [3.8, 4) is 6.07 Å². The van der Waals surface area contributed by atoms with Gasteiger partial charge in [0.05, 0.1) is 11.5 Å². The van der Waals surface area contributed by atoms with Gasteiger partial charge in [0.15, 0.2) is 0 Å². The number of hydrogen-bond donors (Lipinski definition) is 0. The molecule has 0 aliphatic carbocycles. The topological polar surface area (TPSA) is 96.5 Å². The van der Waals surface area contributed by atoms with E-state index in [0.29, 0.717) is 4.90 Å². The Kier molecular flexibility index (Phi) is 4.23. The minimum Gasteiger partial charge on any atom is -0.426 e. The predicted octanol–water partition coefficient (Wildman–Crippen LogP) is 3.88. The Labute approximate surface area is 150 Å². The van der Waals surface area contributed by atoms with Gasteiger partial charge in [0.1, 0.15) is 11.6 Å². The second kappa shape index (κ2) is 6.28. The lowest BCUT2D eigenvalue weighted by molar-refractivity contribution is -0.385. The van der Waals surface area contributed by atoms with Gasteiger partial charge in [-0.15, -0.1) is 0 Å². The van der Waals surface area contributed by atoms with Crippen molar-refractivity contribution >= 4 is 17.5 Å². The van der Waals surface area contributed by atoms with E-state index in [2.05, 4.69) is 0 Å². The Morgan fingerprint density at radius 2 is 1.89 bits per heavy atom. The van der Waals surface area contributed by atoms with E-state index in [-0.39, 0.29) is 16.8 Å². The standard InChI is InChI=1S/C17H10F3N3O4/c18-17(19,20)16(12-4-2-1-3-5-12)10-22(15(24)27-16)13-6-7-14(23(25)26)11(8-13)9-21/h1-8H,10H2. The van der Waals surface area contributed by atoms with Crippen molar-refractivity contribution in [2.45, 2.75) is 11.8 Å². The first-order valence-electron chi connectivity index (χ1n) is 7.51. The predicted molar refractivity (Wildman–Crippen MR) is 85.8 cm³/mol. The second-order valence-electron chi connectivity index (χ2n) is 5.72. The number of anilines is 1. The number of benzene rings is 2. The number of ether oxygens (including phenoxy) is 1. The number of nitrogens with zero attached hydrogens (tertiary/aromatic N) is 3. The van der Waals surface area contributed by atoms with E-state index in [1.54, 1.807) is 6.07 Å². The summed E-state index contributed by atoms with van der Waals surface area (Å²) in [7, 11) is 0. The average molecular weight is 377 g/mol. The Hall–Kier alpha value is -3.61. The lowest BCUT2D eigenvalue weighted by Crippen LogP contribution is -2.46. The SMILES string of the molecule is N#Cc1cc(N2CC(c3ccccc3)(C(F)(F)F)OC2=O)ccc1[N+](=O)[O-]. The molecule has 1 aliphatic heterocycles. The van der Waals surface area contributed by atoms with Gasteiger partial charge in [-0.2, -0.15) is 18.4 Å². The molecule has 10 heteroatoms. The molecule has 0 aromatic heterocycles. The Bertz CT molecular complexity index is 956. The molecule has 1 saturated heterocycles. The van der Waals surface area contributed by atoms with Crippen LogP contribution < -0.4 is 4.90 Å². The zero-order valence-electron chi connectivity index (χ0n) is 13.4. The molecular formula is C17H10F3N3O4. The fraction of sp³-hybridized carbons (Fsp3) is 0.176. The van der Waals surface area contributed by atoms with Gasteiger partial charge in [0.25, 0.3) is 11.3 Å². The van der Waals surface area contributed by atoms with E-state index in [1.165, 1.54) is 30.3 Å². The van der Waals surface area contributed by atoms with Crippen LogP contribution in [0.2, 0.25) is 0 Å². The summed E-state index contributed by atoms with van der Waals surface area (Å²) in [6.07, 6.45) is -6.17. The van der Waals surface area contributed by atoms with Crippen LogP contribution in [0.3, 0.4) is 0 Å². The molecule has 1 fully saturated rings. The number of amides is 1. The molecule has 0 saturated carbocycles. The van der Waals surface area contributed by atoms with Crippen LogP contribution in [0.1, 0.15) is 11.1 Å². The fourth-order valence-corrected chi connectivity index (χ4v) is 2.83. The van der Waals surface area contributed by atoms with Crippen LogP contribution in [0.4, 0.5) is 29.3 Å². The number of halogens is 3. The van der Waals surface area contributed by atoms with Gasteiger partial charge in [0, 0.05) is 17.3 Å². The summed E-state index contributed by atoms with van der Waals surface area (Å²) >= 11 is 0. The summed E-state index contributed by atoms with van der Waals surface area (Å²) in [6, 6.07) is 11.3. The smallest absolute Gasteiger partial charge is 0.426 e. The molecule has 2 aromatic rings. The molecule has 27 heavy (non-hydrogen) atoms. The highest BCUT2D eigenvalue weighted by Gasteiger charge is 2.64. The van der Waals surface area contributed by atoms with Crippen molar-refractivity contribution in [1.29, 1.82) is 5.26 Å². The first kappa shape index (κ1) is 18.2. The average Bonchev–Trinajstić information content (AvgIpc) is 3.00. The monoisotopic (exact) mass is 377 g/mol. The molecule has 1 amide bonds. The van der Waals surface area contributed by atoms with Gasteiger partial charge in [-0.05, 0) is 12.1 Å². The van der Waals surface area contributed by atoms with Crippen LogP contribution in [-0.2, 0) is 10.3 Å². The van der Waals surface area contributed by atoms with Gasteiger partial charge in [0.2, 0.25) is 0 Å². The molecule has 3 rings (SSSR count). The lowest BCUT2D eigenvalue weighted by atomic mass is 9.93. The molecule has 2 aromatic carbocycles. The van der Waals surface area contributed by atoms with Crippen molar-refractivity contribution in [2.75, 3.05) is 11.4 Å². The van der Waals surface area contributed by atoms with Crippen molar-refractivity contribution in [3.05, 3.63) is 69.8 Å². The zero-order chi connectivity index (χ0) is 19.8. The van der Waals surface area contributed by atoms with Crippen LogP contribution in [0.25, 0.3) is 0 Å². The molecular weight excluding hydrogens is 367 g/mol. The molecule has 0 N–H and O–H groups in total. The molecule has 1 aliphatic rings. The summed E-state index contributed by atoms with van der Waals surface area (Å²) < 4.78 is 46.3. The number of cyclic esters (lactones) is 1. The molecule has 1 heterocycles. The number of carbonyl (C=O) groups excluding carboxylic acids is 1. The third-order valence-electron chi connectivity index (χ3n) is 4.17. The van der Waals surface area contributed by atoms with E-state index in [1.807, 2.05) is 0 Å². The fourth-order valence-electron chi connectivity index (χ4n) is 2.83. The normalized spacial score (nSPS) is 19.5. The highest BCUT2D eigenvalue weighted by molar-refractivity contribution is 5.91. The van der Waals surface area contributed by atoms with E-state index in [9.17, 15) is 28.1 Å². The largest absolute Gasteiger partial charge is 0.434 e. The highest BCUT2D eigenvalue weighted by Crippen LogP contribution is 2.47. The van der Waals surface area contributed by atoms with Gasteiger partial charge in [-0.3, -0.25) is 15.0 Å². The molecule has 138 valence electrons. The van der Waals surface area contributed by atoms with E-state index < -0.39 is 35.0 Å². The first-order valence-corrected chi connectivity index (χ1v) is 7.51. The number of hydrogen-bond acceptors (Lipinski definition) is 5. The van der Waals surface area contributed by atoms with Crippen LogP contribution in [0.5, 0.6) is 0 Å². The Balaban J connectivity index is 2.07. The van der Waals surface area contributed by atoms with E-state index in [0.717, 1.165) is 18.2 Å². The number of nitriles is 1. The van der Waals surface area contributed by atoms with Gasteiger partial charge < -0.3 is 4.74 Å². The molecule has 0 radical (unpaired) electrons. The number of alkyl halides is 3. The summed E-state index contributed by atoms with van der Waals surface area (Å²) in [6.45, 7) is -0.887. The molecule has 0 spiro atoms. The number of rotatable bonds is 3. The van der Waals surface area contributed by atoms with Crippen molar-refractivity contribution < 1.29 is 27.6 Å².